The van der Waals surface area contributed by atoms with Crippen LogP contribution < -0.4 is 15.8 Å². The lowest BCUT2D eigenvalue weighted by Crippen LogP contribution is -2.42. The van der Waals surface area contributed by atoms with Gasteiger partial charge in [-0.3, -0.25) is 14.4 Å². The number of aromatic amines is 1. The van der Waals surface area contributed by atoms with Gasteiger partial charge >= 0.3 is 5.97 Å². The molecule has 0 radical (unpaired) electrons. The highest BCUT2D eigenvalue weighted by molar-refractivity contribution is 6.10. The minimum atomic E-state index is -1.20. The average molecular weight is 408 g/mol. The predicted octanol–water partition coefficient (Wildman–Crippen LogP) is 1.79. The first-order chi connectivity index (χ1) is 14.3. The van der Waals surface area contributed by atoms with Crippen LogP contribution in [0.1, 0.15) is 34.3 Å². The third-order valence-corrected chi connectivity index (χ3v) is 4.69. The van der Waals surface area contributed by atoms with Crippen LogP contribution in [0.4, 0.5) is 5.69 Å². The van der Waals surface area contributed by atoms with Gasteiger partial charge < -0.3 is 20.3 Å². The largest absolute Gasteiger partial charge is 0.480 e. The summed E-state index contributed by atoms with van der Waals surface area (Å²) in [5.41, 5.74) is -0.422. The number of carbonyl (C=O) groups is 3. The van der Waals surface area contributed by atoms with Crippen molar-refractivity contribution in [3.63, 3.8) is 0 Å². The number of amides is 2. The van der Waals surface area contributed by atoms with Crippen LogP contribution in [-0.4, -0.2) is 45.9 Å². The van der Waals surface area contributed by atoms with Crippen LogP contribution in [0.15, 0.2) is 53.5 Å². The third kappa shape index (κ3) is 4.04. The number of nitrogens with zero attached hydrogens (tertiary/aromatic N) is 2. The molecule has 0 aliphatic carbocycles. The van der Waals surface area contributed by atoms with Crippen molar-refractivity contribution in [2.24, 2.45) is 0 Å². The highest BCUT2D eigenvalue weighted by Crippen LogP contribution is 2.26. The monoisotopic (exact) mass is 408 g/mol. The predicted molar refractivity (Wildman–Crippen MR) is 111 cm³/mol. The summed E-state index contributed by atoms with van der Waals surface area (Å²) in [5.74, 6) is -3.01. The van der Waals surface area contributed by atoms with E-state index < -0.39 is 29.4 Å². The standard InChI is InChI=1S/C21H20N4O5/c1-3-15(21(29)30)23-19(27)17-22-11-14(18(26)24-17)20(28)25(2)16-10-6-8-12-7-4-5-9-13(12)16/h4-11,15H,3H2,1-2H3,(H,23,27)(H,29,30)(H,22,24,26). The van der Waals surface area contributed by atoms with E-state index in [0.717, 1.165) is 17.0 Å². The van der Waals surface area contributed by atoms with Gasteiger partial charge in [-0.1, -0.05) is 43.3 Å². The molecule has 0 aliphatic heterocycles. The van der Waals surface area contributed by atoms with Crippen molar-refractivity contribution in [3.8, 4) is 0 Å². The number of H-pyrrole nitrogens is 1. The average Bonchev–Trinajstić information content (AvgIpc) is 2.75. The second kappa shape index (κ2) is 8.56. The summed E-state index contributed by atoms with van der Waals surface area (Å²) >= 11 is 0. The van der Waals surface area contributed by atoms with Crippen molar-refractivity contribution < 1.29 is 19.5 Å². The van der Waals surface area contributed by atoms with Crippen molar-refractivity contribution >= 4 is 34.2 Å². The van der Waals surface area contributed by atoms with Gasteiger partial charge in [0.2, 0.25) is 0 Å². The van der Waals surface area contributed by atoms with Crippen molar-refractivity contribution in [1.82, 2.24) is 15.3 Å². The number of rotatable bonds is 6. The maximum atomic E-state index is 12.9. The fourth-order valence-corrected chi connectivity index (χ4v) is 3.02. The van der Waals surface area contributed by atoms with E-state index in [1.165, 1.54) is 4.90 Å². The Morgan fingerprint density at radius 3 is 2.53 bits per heavy atom. The number of hydrogen-bond acceptors (Lipinski definition) is 5. The van der Waals surface area contributed by atoms with Crippen LogP contribution in [0.5, 0.6) is 0 Å². The first-order valence-electron chi connectivity index (χ1n) is 9.22. The first kappa shape index (κ1) is 20.7. The van der Waals surface area contributed by atoms with E-state index in [1.54, 1.807) is 20.0 Å². The minimum Gasteiger partial charge on any atom is -0.480 e. The molecule has 0 saturated carbocycles. The summed E-state index contributed by atoms with van der Waals surface area (Å²) in [5, 5.41) is 13.1. The topological polar surface area (TPSA) is 132 Å². The second-order valence-electron chi connectivity index (χ2n) is 6.61. The van der Waals surface area contributed by atoms with Crippen molar-refractivity contribution in [2.75, 3.05) is 11.9 Å². The molecule has 1 aromatic heterocycles. The number of carbonyl (C=O) groups excluding carboxylic acids is 2. The Morgan fingerprint density at radius 2 is 1.87 bits per heavy atom. The number of anilines is 1. The Hall–Kier alpha value is -4.01. The summed E-state index contributed by atoms with van der Waals surface area (Å²) in [6.45, 7) is 1.60. The first-order valence-corrected chi connectivity index (χ1v) is 9.22. The number of hydrogen-bond donors (Lipinski definition) is 3. The van der Waals surface area contributed by atoms with Gasteiger partial charge in [-0.15, -0.1) is 0 Å². The van der Waals surface area contributed by atoms with Crippen LogP contribution >= 0.6 is 0 Å². The van der Waals surface area contributed by atoms with Gasteiger partial charge in [-0.2, -0.15) is 0 Å². The Morgan fingerprint density at radius 1 is 1.17 bits per heavy atom. The molecule has 30 heavy (non-hydrogen) atoms. The fraction of sp³-hybridized carbons (Fsp3) is 0.190. The lowest BCUT2D eigenvalue weighted by Gasteiger charge is -2.19. The van der Waals surface area contributed by atoms with Gasteiger partial charge in [0, 0.05) is 18.6 Å². The summed E-state index contributed by atoms with van der Waals surface area (Å²) in [6.07, 6.45) is 1.18. The summed E-state index contributed by atoms with van der Waals surface area (Å²) in [7, 11) is 1.54. The summed E-state index contributed by atoms with van der Waals surface area (Å²) < 4.78 is 0. The molecular formula is C21H20N4O5. The highest BCUT2D eigenvalue weighted by Gasteiger charge is 2.23. The third-order valence-electron chi connectivity index (χ3n) is 4.69. The number of carboxylic acids is 1. The molecule has 1 atom stereocenters. The fourth-order valence-electron chi connectivity index (χ4n) is 3.02. The Balaban J connectivity index is 1.87. The minimum absolute atomic E-state index is 0.164. The normalized spacial score (nSPS) is 11.7. The second-order valence-corrected chi connectivity index (χ2v) is 6.61. The highest BCUT2D eigenvalue weighted by atomic mass is 16.4. The number of benzene rings is 2. The van der Waals surface area contributed by atoms with Gasteiger partial charge in [0.1, 0.15) is 11.6 Å². The van der Waals surface area contributed by atoms with E-state index >= 15 is 0 Å². The molecule has 154 valence electrons. The number of aromatic nitrogens is 2. The van der Waals surface area contributed by atoms with Gasteiger partial charge in [0.25, 0.3) is 17.4 Å². The van der Waals surface area contributed by atoms with E-state index in [2.05, 4.69) is 15.3 Å². The van der Waals surface area contributed by atoms with E-state index in [-0.39, 0.29) is 17.8 Å². The Labute approximate surface area is 171 Å². The Bertz CT molecular complexity index is 1180. The molecule has 1 unspecified atom stereocenters. The van der Waals surface area contributed by atoms with Crippen molar-refractivity contribution in [3.05, 3.63) is 70.4 Å². The molecule has 0 bridgehead atoms. The van der Waals surface area contributed by atoms with E-state index in [9.17, 15) is 19.2 Å². The van der Waals surface area contributed by atoms with Crippen molar-refractivity contribution in [2.45, 2.75) is 19.4 Å². The molecule has 2 aromatic carbocycles. The molecule has 0 aliphatic rings. The van der Waals surface area contributed by atoms with E-state index in [0.29, 0.717) is 5.69 Å². The van der Waals surface area contributed by atoms with Crippen LogP contribution in [0, 0.1) is 0 Å². The van der Waals surface area contributed by atoms with Crippen molar-refractivity contribution in [1.29, 1.82) is 0 Å². The van der Waals surface area contributed by atoms with Gasteiger partial charge in [-0.05, 0) is 17.9 Å². The maximum Gasteiger partial charge on any atom is 0.326 e. The maximum absolute atomic E-state index is 12.9. The van der Waals surface area contributed by atoms with Crippen LogP contribution in [0.2, 0.25) is 0 Å². The zero-order valence-corrected chi connectivity index (χ0v) is 16.4. The summed E-state index contributed by atoms with van der Waals surface area (Å²) in [6, 6.07) is 11.9. The van der Waals surface area contributed by atoms with Crippen LogP contribution in [0.25, 0.3) is 10.8 Å². The molecule has 3 aromatic rings. The smallest absolute Gasteiger partial charge is 0.326 e. The van der Waals surface area contributed by atoms with Gasteiger partial charge in [-0.25, -0.2) is 9.78 Å². The molecule has 2 amide bonds. The van der Waals surface area contributed by atoms with Crippen LogP contribution in [0.3, 0.4) is 0 Å². The van der Waals surface area contributed by atoms with Gasteiger partial charge in [0.15, 0.2) is 5.82 Å². The lowest BCUT2D eigenvalue weighted by molar-refractivity contribution is -0.139. The molecule has 0 fully saturated rings. The lowest BCUT2D eigenvalue weighted by atomic mass is 10.1. The quantitative estimate of drug-likeness (QED) is 0.570. The zero-order valence-electron chi connectivity index (χ0n) is 16.4. The zero-order chi connectivity index (χ0) is 21.8. The van der Waals surface area contributed by atoms with E-state index in [1.807, 2.05) is 36.4 Å². The molecule has 0 spiro atoms. The SMILES string of the molecule is CCC(NC(=O)c1ncc(C(=O)N(C)c2cccc3ccccc23)c(=O)[nH]1)C(=O)O. The number of aliphatic carboxylic acids is 1. The molecule has 9 heteroatoms. The van der Waals surface area contributed by atoms with Gasteiger partial charge in [0.05, 0.1) is 5.69 Å². The van der Waals surface area contributed by atoms with E-state index in [4.69, 9.17) is 5.11 Å². The number of carboxylic acid groups (broad SMARTS) is 1. The number of nitrogens with one attached hydrogen (secondary N) is 2. The molecule has 1 heterocycles. The molecule has 3 rings (SSSR count). The molecular weight excluding hydrogens is 388 g/mol. The summed E-state index contributed by atoms with van der Waals surface area (Å²) in [4.78, 5) is 56.0. The Kier molecular flexibility index (Phi) is 5.91. The van der Waals surface area contributed by atoms with Crippen LogP contribution in [-0.2, 0) is 4.79 Å². The number of fused-ring (bicyclic) bond motifs is 1. The molecule has 3 N–H and O–H groups in total. The molecule has 9 nitrogen and oxygen atoms in total. The molecule has 0 saturated heterocycles.